The lowest BCUT2D eigenvalue weighted by atomic mass is 9.98. The summed E-state index contributed by atoms with van der Waals surface area (Å²) in [6, 6.07) is 19.8. The van der Waals surface area contributed by atoms with Gasteiger partial charge < -0.3 is 20.1 Å². The zero-order chi connectivity index (χ0) is 25.7. The normalized spacial score (nSPS) is 16.6. The quantitative estimate of drug-likeness (QED) is 0.441. The van der Waals surface area contributed by atoms with Crippen LogP contribution in [0.1, 0.15) is 32.7 Å². The average Bonchev–Trinajstić information content (AvgIpc) is 3.45. The molecular formula is C29H26FN5O2. The van der Waals surface area contributed by atoms with Gasteiger partial charge in [0.25, 0.3) is 11.8 Å². The number of aromatic nitrogens is 1. The predicted molar refractivity (Wildman–Crippen MR) is 141 cm³/mol. The molecule has 2 amide bonds. The molecule has 7 nitrogen and oxygen atoms in total. The van der Waals surface area contributed by atoms with E-state index in [-0.39, 0.29) is 11.5 Å². The number of fused-ring (bicyclic) bond motifs is 1. The van der Waals surface area contributed by atoms with Crippen molar-refractivity contribution >= 4 is 34.1 Å². The fraction of sp³-hybridized carbons (Fsp3) is 0.207. The standard InChI is InChI=1S/C29H26FN5O2/c1-34(2)16-21-18-9-4-6-13-23(18)31-25(21)28(36)33-27-29(37)35-15-14-17-8-7-11-20(26(17)35)24(32-27)19-10-3-5-12-22(19)30/h3-13,27,31H,14-16H2,1-2H3,(H,33,36)/t27-/m1/s1. The number of anilines is 1. The van der Waals surface area contributed by atoms with Crippen molar-refractivity contribution < 1.29 is 14.0 Å². The van der Waals surface area contributed by atoms with Gasteiger partial charge in [-0.2, -0.15) is 0 Å². The molecule has 6 rings (SSSR count). The number of hydrogen-bond acceptors (Lipinski definition) is 4. The smallest absolute Gasteiger partial charge is 0.272 e. The number of aliphatic imine (C=N–C) groups is 1. The third-order valence-electron chi connectivity index (χ3n) is 6.92. The largest absolute Gasteiger partial charge is 0.350 e. The molecule has 0 aliphatic carbocycles. The van der Waals surface area contributed by atoms with Crippen LogP contribution in [0.4, 0.5) is 10.1 Å². The summed E-state index contributed by atoms with van der Waals surface area (Å²) in [4.78, 5) is 39.0. The molecule has 1 atom stereocenters. The van der Waals surface area contributed by atoms with Crippen molar-refractivity contribution in [3.63, 3.8) is 0 Å². The number of aromatic amines is 1. The van der Waals surface area contributed by atoms with Crippen LogP contribution in [0.25, 0.3) is 10.9 Å². The molecule has 0 bridgehead atoms. The Labute approximate surface area is 213 Å². The molecule has 0 saturated carbocycles. The summed E-state index contributed by atoms with van der Waals surface area (Å²) in [6.45, 7) is 1.02. The Balaban J connectivity index is 1.45. The SMILES string of the molecule is CN(C)Cc1c(C(=O)N[C@H]2N=C(c3ccccc3F)c3cccc4c3N(CC4)C2=O)[nH]c2ccccc12. The minimum atomic E-state index is -1.21. The number of nitrogens with one attached hydrogen (secondary N) is 2. The van der Waals surface area contributed by atoms with E-state index in [0.717, 1.165) is 27.7 Å². The van der Waals surface area contributed by atoms with Crippen LogP contribution in [0.5, 0.6) is 0 Å². The Morgan fingerprint density at radius 3 is 2.65 bits per heavy atom. The lowest BCUT2D eigenvalue weighted by Gasteiger charge is -2.21. The summed E-state index contributed by atoms with van der Waals surface area (Å²) >= 11 is 0. The molecule has 2 aliphatic heterocycles. The number of carbonyl (C=O) groups is 2. The van der Waals surface area contributed by atoms with E-state index in [9.17, 15) is 14.0 Å². The lowest BCUT2D eigenvalue weighted by Crippen LogP contribution is -2.47. The van der Waals surface area contributed by atoms with Gasteiger partial charge in [-0.3, -0.25) is 9.59 Å². The van der Waals surface area contributed by atoms with E-state index in [1.807, 2.05) is 61.5 Å². The molecule has 2 N–H and O–H groups in total. The number of carbonyl (C=O) groups excluding carboxylic acids is 2. The van der Waals surface area contributed by atoms with Crippen molar-refractivity contribution in [2.45, 2.75) is 19.1 Å². The molecule has 4 aromatic rings. The lowest BCUT2D eigenvalue weighted by molar-refractivity contribution is -0.120. The molecule has 186 valence electrons. The van der Waals surface area contributed by atoms with Crippen LogP contribution in [0.15, 0.2) is 71.7 Å². The number of rotatable bonds is 5. The van der Waals surface area contributed by atoms with Crippen LogP contribution in [0.2, 0.25) is 0 Å². The van der Waals surface area contributed by atoms with Gasteiger partial charge in [-0.1, -0.05) is 48.5 Å². The Kier molecular flexibility index (Phi) is 5.61. The molecule has 1 aromatic heterocycles. The highest BCUT2D eigenvalue weighted by molar-refractivity contribution is 6.21. The molecule has 0 radical (unpaired) electrons. The van der Waals surface area contributed by atoms with Crippen LogP contribution < -0.4 is 10.2 Å². The second-order valence-corrected chi connectivity index (χ2v) is 9.65. The van der Waals surface area contributed by atoms with Gasteiger partial charge in [0.05, 0.1) is 11.4 Å². The van der Waals surface area contributed by atoms with Crippen molar-refractivity contribution in [2.24, 2.45) is 4.99 Å². The predicted octanol–water partition coefficient (Wildman–Crippen LogP) is 3.86. The fourth-order valence-electron chi connectivity index (χ4n) is 5.30. The topological polar surface area (TPSA) is 80.8 Å². The number of amides is 2. The highest BCUT2D eigenvalue weighted by atomic mass is 19.1. The summed E-state index contributed by atoms with van der Waals surface area (Å²) in [5, 5.41) is 3.80. The number of hydrogen-bond donors (Lipinski definition) is 2. The van der Waals surface area contributed by atoms with Crippen LogP contribution in [0.3, 0.4) is 0 Å². The molecule has 0 fully saturated rings. The maximum absolute atomic E-state index is 15.0. The molecule has 37 heavy (non-hydrogen) atoms. The van der Waals surface area contributed by atoms with Crippen LogP contribution in [-0.4, -0.2) is 54.2 Å². The number of nitrogens with zero attached hydrogens (tertiary/aromatic N) is 3. The Hall–Kier alpha value is -4.30. The van der Waals surface area contributed by atoms with Gasteiger partial charge in [-0.15, -0.1) is 0 Å². The Morgan fingerprint density at radius 2 is 1.84 bits per heavy atom. The van der Waals surface area contributed by atoms with Gasteiger partial charge in [0.2, 0.25) is 6.17 Å². The summed E-state index contributed by atoms with van der Waals surface area (Å²) in [5.74, 6) is -1.21. The summed E-state index contributed by atoms with van der Waals surface area (Å²) in [6.07, 6.45) is -0.520. The van der Waals surface area contributed by atoms with E-state index >= 15 is 0 Å². The molecule has 2 aliphatic rings. The van der Waals surface area contributed by atoms with Crippen molar-refractivity contribution in [2.75, 3.05) is 25.5 Å². The number of benzene rings is 3. The Morgan fingerprint density at radius 1 is 1.08 bits per heavy atom. The third kappa shape index (κ3) is 3.90. The maximum Gasteiger partial charge on any atom is 0.272 e. The van der Waals surface area contributed by atoms with E-state index in [1.165, 1.54) is 6.07 Å². The van der Waals surface area contributed by atoms with E-state index in [1.54, 1.807) is 23.1 Å². The van der Waals surface area contributed by atoms with Crippen LogP contribution in [0, 0.1) is 5.82 Å². The highest BCUT2D eigenvalue weighted by Gasteiger charge is 2.38. The molecule has 3 aromatic carbocycles. The van der Waals surface area contributed by atoms with Gasteiger partial charge in [-0.05, 0) is 44.3 Å². The van der Waals surface area contributed by atoms with Crippen LogP contribution >= 0.6 is 0 Å². The minimum Gasteiger partial charge on any atom is -0.350 e. The molecule has 0 spiro atoms. The first-order chi connectivity index (χ1) is 17.9. The maximum atomic E-state index is 15.0. The number of H-pyrrole nitrogens is 1. The summed E-state index contributed by atoms with van der Waals surface area (Å²) in [5.41, 5.74) is 5.13. The van der Waals surface area contributed by atoms with E-state index in [4.69, 9.17) is 4.99 Å². The first-order valence-corrected chi connectivity index (χ1v) is 12.2. The van der Waals surface area contributed by atoms with Crippen molar-refractivity contribution in [1.82, 2.24) is 15.2 Å². The second kappa shape index (κ2) is 8.97. The van der Waals surface area contributed by atoms with E-state index in [0.29, 0.717) is 36.5 Å². The van der Waals surface area contributed by atoms with Crippen molar-refractivity contribution in [1.29, 1.82) is 0 Å². The highest BCUT2D eigenvalue weighted by Crippen LogP contribution is 2.36. The summed E-state index contributed by atoms with van der Waals surface area (Å²) in [7, 11) is 3.87. The fourth-order valence-corrected chi connectivity index (χ4v) is 5.30. The molecule has 0 unspecified atom stereocenters. The number of para-hydroxylation sites is 2. The third-order valence-corrected chi connectivity index (χ3v) is 6.92. The zero-order valence-corrected chi connectivity index (χ0v) is 20.6. The summed E-state index contributed by atoms with van der Waals surface area (Å²) < 4.78 is 15.0. The monoisotopic (exact) mass is 495 g/mol. The first kappa shape index (κ1) is 23.1. The zero-order valence-electron chi connectivity index (χ0n) is 20.6. The van der Waals surface area contributed by atoms with E-state index < -0.39 is 17.9 Å². The average molecular weight is 496 g/mol. The molecule has 0 saturated heterocycles. The van der Waals surface area contributed by atoms with E-state index in [2.05, 4.69) is 10.3 Å². The van der Waals surface area contributed by atoms with Gasteiger partial charge in [0.1, 0.15) is 11.5 Å². The van der Waals surface area contributed by atoms with Crippen LogP contribution in [-0.2, 0) is 17.8 Å². The first-order valence-electron chi connectivity index (χ1n) is 12.2. The molecule has 3 heterocycles. The Bertz CT molecular complexity index is 1590. The van der Waals surface area contributed by atoms with Crippen molar-refractivity contribution in [3.05, 3.63) is 100 Å². The second-order valence-electron chi connectivity index (χ2n) is 9.65. The van der Waals surface area contributed by atoms with Crippen molar-refractivity contribution in [3.8, 4) is 0 Å². The van der Waals surface area contributed by atoms with Gasteiger partial charge in [-0.25, -0.2) is 9.38 Å². The van der Waals surface area contributed by atoms with Gasteiger partial charge in [0, 0.05) is 40.7 Å². The molecule has 8 heteroatoms. The van der Waals surface area contributed by atoms with Gasteiger partial charge >= 0.3 is 0 Å². The van der Waals surface area contributed by atoms with Gasteiger partial charge in [0.15, 0.2) is 0 Å². The number of halogens is 1. The molecular weight excluding hydrogens is 469 g/mol. The minimum absolute atomic E-state index is 0.288.